The van der Waals surface area contributed by atoms with Gasteiger partial charge in [0.2, 0.25) is 5.91 Å². The van der Waals surface area contributed by atoms with Gasteiger partial charge in [-0.1, -0.05) is 74.1 Å². The van der Waals surface area contributed by atoms with Crippen LogP contribution in [0.25, 0.3) is 11.0 Å². The van der Waals surface area contributed by atoms with E-state index < -0.39 is 5.54 Å². The molecular weight excluding hydrogens is 424 g/mol. The Morgan fingerprint density at radius 2 is 1.71 bits per heavy atom. The van der Waals surface area contributed by atoms with Gasteiger partial charge < -0.3 is 14.8 Å². The molecule has 0 saturated heterocycles. The highest BCUT2D eigenvalue weighted by molar-refractivity contribution is 6.01. The summed E-state index contributed by atoms with van der Waals surface area (Å²) in [5, 5.41) is 3.35. The molecule has 2 aliphatic rings. The van der Waals surface area contributed by atoms with Crippen molar-refractivity contribution in [2.75, 3.05) is 0 Å². The summed E-state index contributed by atoms with van der Waals surface area (Å²) < 4.78 is 1.93. The first-order chi connectivity index (χ1) is 16.5. The van der Waals surface area contributed by atoms with E-state index in [-0.39, 0.29) is 17.9 Å². The average Bonchev–Trinajstić information content (AvgIpc) is 3.18. The first-order valence-corrected chi connectivity index (χ1v) is 12.6. The van der Waals surface area contributed by atoms with Crippen LogP contribution in [0.3, 0.4) is 0 Å². The van der Waals surface area contributed by atoms with Crippen molar-refractivity contribution in [3.05, 3.63) is 65.5 Å². The molecule has 6 nitrogen and oxygen atoms in total. The van der Waals surface area contributed by atoms with Crippen LogP contribution in [-0.4, -0.2) is 37.8 Å². The van der Waals surface area contributed by atoms with E-state index in [1.54, 1.807) is 4.90 Å². The minimum absolute atomic E-state index is 0.0676. The van der Waals surface area contributed by atoms with E-state index in [1.807, 2.05) is 66.9 Å². The van der Waals surface area contributed by atoms with Gasteiger partial charge in [-0.25, -0.2) is 4.98 Å². The van der Waals surface area contributed by atoms with E-state index in [0.717, 1.165) is 42.3 Å². The minimum atomic E-state index is -1.01. The summed E-state index contributed by atoms with van der Waals surface area (Å²) in [6.07, 6.45) is 8.04. The molecule has 6 heteroatoms. The Bertz CT molecular complexity index is 1190. The SMILES string of the molecule is Cc1ccc(CN2C(=O)c3nc4ccccc4n3CC2(C)C(=O)NC2CCCCCCC2)cc1. The number of rotatable bonds is 4. The van der Waals surface area contributed by atoms with Crippen molar-refractivity contribution in [2.24, 2.45) is 0 Å². The number of para-hydroxylation sites is 2. The molecule has 1 atom stereocenters. The lowest BCUT2D eigenvalue weighted by Crippen LogP contribution is -2.64. The molecule has 34 heavy (non-hydrogen) atoms. The number of carbonyl (C=O) groups excluding carboxylic acids is 2. The van der Waals surface area contributed by atoms with Crippen LogP contribution in [0.15, 0.2) is 48.5 Å². The lowest BCUT2D eigenvalue weighted by Gasteiger charge is -2.44. The number of fused-ring (bicyclic) bond motifs is 3. The molecule has 1 aromatic heterocycles. The zero-order chi connectivity index (χ0) is 23.7. The van der Waals surface area contributed by atoms with Gasteiger partial charge in [0, 0.05) is 12.6 Å². The first-order valence-electron chi connectivity index (χ1n) is 12.6. The number of aromatic nitrogens is 2. The maximum atomic E-state index is 13.9. The number of imidazole rings is 1. The fourth-order valence-electron chi connectivity index (χ4n) is 5.39. The van der Waals surface area contributed by atoms with Crippen molar-refractivity contribution in [1.82, 2.24) is 19.8 Å². The maximum absolute atomic E-state index is 13.9. The highest BCUT2D eigenvalue weighted by atomic mass is 16.2. The fraction of sp³-hybridized carbons (Fsp3) is 0.464. The largest absolute Gasteiger partial charge is 0.351 e. The number of hydrogen-bond acceptors (Lipinski definition) is 3. The zero-order valence-corrected chi connectivity index (χ0v) is 20.2. The number of nitrogens with zero attached hydrogens (tertiary/aromatic N) is 3. The second kappa shape index (κ2) is 9.24. The van der Waals surface area contributed by atoms with Crippen molar-refractivity contribution in [3.8, 4) is 0 Å². The molecule has 0 radical (unpaired) electrons. The fourth-order valence-corrected chi connectivity index (χ4v) is 5.39. The highest BCUT2D eigenvalue weighted by Crippen LogP contribution is 2.32. The van der Waals surface area contributed by atoms with Gasteiger partial charge >= 0.3 is 0 Å². The van der Waals surface area contributed by atoms with E-state index in [2.05, 4.69) is 10.3 Å². The molecule has 178 valence electrons. The van der Waals surface area contributed by atoms with Crippen molar-refractivity contribution >= 4 is 22.8 Å². The molecule has 1 aliphatic heterocycles. The van der Waals surface area contributed by atoms with E-state index in [0.29, 0.717) is 18.9 Å². The van der Waals surface area contributed by atoms with Gasteiger partial charge in [0.05, 0.1) is 17.6 Å². The molecule has 1 aliphatic carbocycles. The Kier molecular flexibility index (Phi) is 6.15. The molecule has 1 saturated carbocycles. The summed E-state index contributed by atoms with van der Waals surface area (Å²) in [4.78, 5) is 34.1. The lowest BCUT2D eigenvalue weighted by molar-refractivity contribution is -0.134. The second-order valence-electron chi connectivity index (χ2n) is 10.2. The average molecular weight is 459 g/mol. The van der Waals surface area contributed by atoms with E-state index >= 15 is 0 Å². The summed E-state index contributed by atoms with van der Waals surface area (Å²) >= 11 is 0. The van der Waals surface area contributed by atoms with Crippen LogP contribution in [0, 0.1) is 6.92 Å². The van der Waals surface area contributed by atoms with Gasteiger partial charge in [-0.05, 0) is 44.4 Å². The minimum Gasteiger partial charge on any atom is -0.351 e. The molecule has 2 aromatic carbocycles. The lowest BCUT2D eigenvalue weighted by atomic mass is 9.92. The Morgan fingerprint density at radius 3 is 2.44 bits per heavy atom. The summed E-state index contributed by atoms with van der Waals surface area (Å²) in [5.74, 6) is 0.143. The van der Waals surface area contributed by atoms with Crippen LogP contribution in [-0.2, 0) is 17.9 Å². The molecule has 1 N–H and O–H groups in total. The molecule has 0 spiro atoms. The molecule has 0 bridgehead atoms. The molecule has 5 rings (SSSR count). The maximum Gasteiger partial charge on any atom is 0.291 e. The van der Waals surface area contributed by atoms with Crippen LogP contribution >= 0.6 is 0 Å². The van der Waals surface area contributed by atoms with Crippen molar-refractivity contribution in [3.63, 3.8) is 0 Å². The third kappa shape index (κ3) is 4.22. The van der Waals surface area contributed by atoms with Crippen LogP contribution in [0.2, 0.25) is 0 Å². The summed E-state index contributed by atoms with van der Waals surface area (Å²) in [7, 11) is 0. The predicted octanol–water partition coefficient (Wildman–Crippen LogP) is 4.99. The predicted molar refractivity (Wildman–Crippen MR) is 133 cm³/mol. The summed E-state index contributed by atoms with van der Waals surface area (Å²) in [6.45, 7) is 4.72. The molecule has 2 amide bonds. The number of carbonyl (C=O) groups is 2. The van der Waals surface area contributed by atoms with Gasteiger partial charge in [-0.15, -0.1) is 0 Å². The molecular formula is C28H34N4O2. The Balaban J connectivity index is 1.51. The Morgan fingerprint density at radius 1 is 1.03 bits per heavy atom. The summed E-state index contributed by atoms with van der Waals surface area (Å²) in [6, 6.07) is 16.1. The third-order valence-corrected chi connectivity index (χ3v) is 7.54. The van der Waals surface area contributed by atoms with Gasteiger partial charge in [0.15, 0.2) is 5.82 Å². The zero-order valence-electron chi connectivity index (χ0n) is 20.2. The normalized spacial score (nSPS) is 21.7. The third-order valence-electron chi connectivity index (χ3n) is 7.54. The van der Waals surface area contributed by atoms with Gasteiger partial charge in [0.25, 0.3) is 5.91 Å². The molecule has 3 aromatic rings. The van der Waals surface area contributed by atoms with Crippen LogP contribution < -0.4 is 5.32 Å². The molecule has 1 unspecified atom stereocenters. The Hall–Kier alpha value is -3.15. The van der Waals surface area contributed by atoms with Crippen LogP contribution in [0.1, 0.15) is 73.6 Å². The monoisotopic (exact) mass is 458 g/mol. The standard InChI is InChI=1S/C28H34N4O2/c1-20-14-16-21(17-15-20)18-32-26(33)25-30-23-12-8-9-13-24(23)31(25)19-28(32,2)27(34)29-22-10-6-4-3-5-7-11-22/h8-9,12-17,22H,3-7,10-11,18-19H2,1-2H3,(H,29,34). The molecule has 1 fully saturated rings. The van der Waals surface area contributed by atoms with E-state index in [9.17, 15) is 9.59 Å². The van der Waals surface area contributed by atoms with Gasteiger partial charge in [-0.3, -0.25) is 9.59 Å². The first kappa shape index (κ1) is 22.6. The second-order valence-corrected chi connectivity index (χ2v) is 10.2. The van der Waals surface area contributed by atoms with Crippen molar-refractivity contribution < 1.29 is 9.59 Å². The number of hydrogen-bond donors (Lipinski definition) is 1. The van der Waals surface area contributed by atoms with Crippen LogP contribution in [0.4, 0.5) is 0 Å². The number of nitrogens with one attached hydrogen (secondary N) is 1. The summed E-state index contributed by atoms with van der Waals surface area (Å²) in [5.41, 5.74) is 2.84. The molecule has 2 heterocycles. The number of amides is 2. The van der Waals surface area contributed by atoms with E-state index in [1.165, 1.54) is 24.8 Å². The van der Waals surface area contributed by atoms with E-state index in [4.69, 9.17) is 0 Å². The van der Waals surface area contributed by atoms with Crippen molar-refractivity contribution in [1.29, 1.82) is 0 Å². The van der Waals surface area contributed by atoms with Crippen molar-refractivity contribution in [2.45, 2.75) is 83.5 Å². The Labute approximate surface area is 201 Å². The quantitative estimate of drug-likeness (QED) is 0.599. The van der Waals surface area contributed by atoms with Gasteiger partial charge in [0.1, 0.15) is 5.54 Å². The van der Waals surface area contributed by atoms with Gasteiger partial charge in [-0.2, -0.15) is 0 Å². The highest BCUT2D eigenvalue weighted by Gasteiger charge is 2.48. The van der Waals surface area contributed by atoms with Crippen LogP contribution in [0.5, 0.6) is 0 Å². The smallest absolute Gasteiger partial charge is 0.291 e. The number of benzene rings is 2. The number of aryl methyl sites for hydroxylation is 1. The topological polar surface area (TPSA) is 67.2 Å².